The van der Waals surface area contributed by atoms with E-state index < -0.39 is 4.92 Å². The van der Waals surface area contributed by atoms with E-state index in [-0.39, 0.29) is 11.6 Å². The fraction of sp³-hybridized carbons (Fsp3) is 0.158. The zero-order chi connectivity index (χ0) is 18.7. The van der Waals surface area contributed by atoms with Crippen molar-refractivity contribution in [1.29, 1.82) is 0 Å². The highest BCUT2D eigenvalue weighted by molar-refractivity contribution is 5.94. The molecule has 7 nitrogen and oxygen atoms in total. The standard InChI is InChI=1S/C19H18N4O3/c1-13-18(14(2)22(21-13)16-6-4-3-5-7-16)12-20-19(24)15-8-10-17(11-9-15)23(25)26/h3-11H,12H2,1-2H3,(H,20,24). The first-order valence-electron chi connectivity index (χ1n) is 8.10. The van der Waals surface area contributed by atoms with Gasteiger partial charge in [-0.15, -0.1) is 0 Å². The van der Waals surface area contributed by atoms with Gasteiger partial charge in [0.25, 0.3) is 11.6 Å². The highest BCUT2D eigenvalue weighted by atomic mass is 16.6. The predicted octanol–water partition coefficient (Wildman–Crippen LogP) is 3.33. The number of aromatic nitrogens is 2. The van der Waals surface area contributed by atoms with Gasteiger partial charge in [0.1, 0.15) is 0 Å². The van der Waals surface area contributed by atoms with Crippen molar-refractivity contribution in [2.24, 2.45) is 0 Å². The average Bonchev–Trinajstić information content (AvgIpc) is 2.94. The third kappa shape index (κ3) is 3.46. The van der Waals surface area contributed by atoms with Gasteiger partial charge in [-0.25, -0.2) is 4.68 Å². The van der Waals surface area contributed by atoms with Gasteiger partial charge in [-0.1, -0.05) is 18.2 Å². The van der Waals surface area contributed by atoms with E-state index in [4.69, 9.17) is 0 Å². The molecule has 0 aliphatic rings. The molecule has 3 rings (SSSR count). The van der Waals surface area contributed by atoms with E-state index in [2.05, 4.69) is 10.4 Å². The summed E-state index contributed by atoms with van der Waals surface area (Å²) in [6, 6.07) is 15.3. The molecule has 2 aromatic carbocycles. The lowest BCUT2D eigenvalue weighted by atomic mass is 10.1. The molecule has 0 atom stereocenters. The van der Waals surface area contributed by atoms with Crippen LogP contribution in [0.15, 0.2) is 54.6 Å². The zero-order valence-electron chi connectivity index (χ0n) is 14.5. The van der Waals surface area contributed by atoms with Crippen LogP contribution in [0.5, 0.6) is 0 Å². The third-order valence-electron chi connectivity index (χ3n) is 4.21. The number of hydrogen-bond acceptors (Lipinski definition) is 4. The molecule has 0 spiro atoms. The third-order valence-corrected chi connectivity index (χ3v) is 4.21. The molecule has 0 saturated heterocycles. The van der Waals surface area contributed by atoms with Gasteiger partial charge in [0.2, 0.25) is 0 Å². The summed E-state index contributed by atoms with van der Waals surface area (Å²) in [5, 5.41) is 18.1. The second kappa shape index (κ2) is 7.18. The van der Waals surface area contributed by atoms with Gasteiger partial charge < -0.3 is 5.32 Å². The lowest BCUT2D eigenvalue weighted by molar-refractivity contribution is -0.384. The number of hydrogen-bond donors (Lipinski definition) is 1. The Hall–Kier alpha value is -3.48. The molecule has 132 valence electrons. The maximum Gasteiger partial charge on any atom is 0.269 e. The summed E-state index contributed by atoms with van der Waals surface area (Å²) in [5.74, 6) is -0.286. The maximum absolute atomic E-state index is 12.3. The van der Waals surface area contributed by atoms with Crippen LogP contribution in [0.2, 0.25) is 0 Å². The topological polar surface area (TPSA) is 90.1 Å². The van der Waals surface area contributed by atoms with E-state index in [1.165, 1.54) is 24.3 Å². The molecular weight excluding hydrogens is 332 g/mol. The van der Waals surface area contributed by atoms with Gasteiger partial charge in [-0.2, -0.15) is 5.10 Å². The van der Waals surface area contributed by atoms with Gasteiger partial charge in [0.05, 0.1) is 16.3 Å². The predicted molar refractivity (Wildman–Crippen MR) is 97.3 cm³/mol. The number of non-ortho nitro benzene ring substituents is 1. The lowest BCUT2D eigenvalue weighted by Gasteiger charge is -2.07. The fourth-order valence-corrected chi connectivity index (χ4v) is 2.76. The fourth-order valence-electron chi connectivity index (χ4n) is 2.76. The molecule has 1 aromatic heterocycles. The zero-order valence-corrected chi connectivity index (χ0v) is 14.5. The summed E-state index contributed by atoms with van der Waals surface area (Å²) in [4.78, 5) is 22.5. The Bertz CT molecular complexity index is 947. The molecule has 3 aromatic rings. The highest BCUT2D eigenvalue weighted by Gasteiger charge is 2.15. The number of amides is 1. The van der Waals surface area contributed by atoms with Gasteiger partial charge >= 0.3 is 0 Å². The smallest absolute Gasteiger partial charge is 0.269 e. The number of nitro groups is 1. The molecule has 0 aliphatic heterocycles. The number of para-hydroxylation sites is 1. The van der Waals surface area contributed by atoms with Crippen molar-refractivity contribution >= 4 is 11.6 Å². The van der Waals surface area contributed by atoms with Crippen molar-refractivity contribution in [3.63, 3.8) is 0 Å². The molecule has 0 radical (unpaired) electrons. The number of carbonyl (C=O) groups excluding carboxylic acids is 1. The molecule has 0 fully saturated rings. The van der Waals surface area contributed by atoms with Gasteiger partial charge in [-0.3, -0.25) is 14.9 Å². The van der Waals surface area contributed by atoms with Crippen LogP contribution in [0.1, 0.15) is 27.3 Å². The summed E-state index contributed by atoms with van der Waals surface area (Å²) < 4.78 is 1.85. The summed E-state index contributed by atoms with van der Waals surface area (Å²) in [5.41, 5.74) is 4.04. The van der Waals surface area contributed by atoms with E-state index >= 15 is 0 Å². The van der Waals surface area contributed by atoms with Crippen LogP contribution in [-0.2, 0) is 6.54 Å². The molecule has 0 aliphatic carbocycles. The number of benzene rings is 2. The summed E-state index contributed by atoms with van der Waals surface area (Å²) in [7, 11) is 0. The molecule has 26 heavy (non-hydrogen) atoms. The summed E-state index contributed by atoms with van der Waals surface area (Å²) >= 11 is 0. The Labute approximate surface area is 150 Å². The number of rotatable bonds is 5. The second-order valence-electron chi connectivity index (χ2n) is 5.88. The normalized spacial score (nSPS) is 10.5. The monoisotopic (exact) mass is 350 g/mol. The van der Waals surface area contributed by atoms with E-state index in [1.54, 1.807) is 0 Å². The van der Waals surface area contributed by atoms with Crippen LogP contribution in [0.3, 0.4) is 0 Å². The minimum atomic E-state index is -0.494. The number of carbonyl (C=O) groups is 1. The van der Waals surface area contributed by atoms with Crippen LogP contribution in [0.25, 0.3) is 5.69 Å². The Balaban J connectivity index is 1.74. The quantitative estimate of drug-likeness (QED) is 0.564. The molecule has 1 heterocycles. The Kier molecular flexibility index (Phi) is 4.79. The van der Waals surface area contributed by atoms with E-state index in [0.29, 0.717) is 12.1 Å². The Morgan fingerprint density at radius 1 is 1.12 bits per heavy atom. The minimum Gasteiger partial charge on any atom is -0.348 e. The summed E-state index contributed by atoms with van der Waals surface area (Å²) in [6.07, 6.45) is 0. The summed E-state index contributed by atoms with van der Waals surface area (Å²) in [6.45, 7) is 4.19. The highest BCUT2D eigenvalue weighted by Crippen LogP contribution is 2.18. The number of nitrogens with zero attached hydrogens (tertiary/aromatic N) is 3. The first-order chi connectivity index (χ1) is 12.5. The van der Waals surface area contributed by atoms with E-state index in [9.17, 15) is 14.9 Å². The van der Waals surface area contributed by atoms with Crippen molar-refractivity contribution in [3.05, 3.63) is 87.2 Å². The van der Waals surface area contributed by atoms with Crippen molar-refractivity contribution in [2.75, 3.05) is 0 Å². The number of nitrogens with one attached hydrogen (secondary N) is 1. The first kappa shape index (κ1) is 17.3. The Morgan fingerprint density at radius 2 is 1.77 bits per heavy atom. The molecular formula is C19H18N4O3. The largest absolute Gasteiger partial charge is 0.348 e. The molecule has 1 N–H and O–H groups in total. The first-order valence-corrected chi connectivity index (χ1v) is 8.10. The van der Waals surface area contributed by atoms with Gasteiger partial charge in [-0.05, 0) is 38.1 Å². The van der Waals surface area contributed by atoms with Crippen molar-refractivity contribution < 1.29 is 9.72 Å². The van der Waals surface area contributed by atoms with Crippen LogP contribution < -0.4 is 5.32 Å². The Morgan fingerprint density at radius 3 is 2.38 bits per heavy atom. The average molecular weight is 350 g/mol. The number of nitro benzene ring substituents is 1. The van der Waals surface area contributed by atoms with Crippen molar-refractivity contribution in [2.45, 2.75) is 20.4 Å². The molecule has 0 bridgehead atoms. The van der Waals surface area contributed by atoms with E-state index in [1.807, 2.05) is 48.9 Å². The minimum absolute atomic E-state index is 0.0441. The maximum atomic E-state index is 12.3. The lowest BCUT2D eigenvalue weighted by Crippen LogP contribution is -2.23. The molecule has 1 amide bonds. The number of aryl methyl sites for hydroxylation is 1. The van der Waals surface area contributed by atoms with Gasteiger partial charge in [0, 0.05) is 35.5 Å². The second-order valence-corrected chi connectivity index (χ2v) is 5.88. The molecule has 0 saturated carbocycles. The SMILES string of the molecule is Cc1nn(-c2ccccc2)c(C)c1CNC(=O)c1ccc([N+](=O)[O-])cc1. The molecule has 0 unspecified atom stereocenters. The molecule has 7 heteroatoms. The van der Waals surface area contributed by atoms with E-state index in [0.717, 1.165) is 22.6 Å². The van der Waals surface area contributed by atoms with Crippen LogP contribution in [0, 0.1) is 24.0 Å². The van der Waals surface area contributed by atoms with Crippen LogP contribution >= 0.6 is 0 Å². The van der Waals surface area contributed by atoms with Crippen LogP contribution in [-0.4, -0.2) is 20.6 Å². The van der Waals surface area contributed by atoms with Crippen molar-refractivity contribution in [1.82, 2.24) is 15.1 Å². The van der Waals surface area contributed by atoms with Crippen molar-refractivity contribution in [3.8, 4) is 5.69 Å². The van der Waals surface area contributed by atoms with Crippen LogP contribution in [0.4, 0.5) is 5.69 Å². The van der Waals surface area contributed by atoms with Gasteiger partial charge in [0.15, 0.2) is 0 Å².